The first-order chi connectivity index (χ1) is 17.4. The number of hydrogen-bond donors (Lipinski definition) is 0. The first-order valence-electron chi connectivity index (χ1n) is 12.8. The van der Waals surface area contributed by atoms with Gasteiger partial charge in [-0.25, -0.2) is 23.4 Å². The quantitative estimate of drug-likeness (QED) is 0.425. The first kappa shape index (κ1) is 25.1. The molecule has 0 radical (unpaired) electrons. The summed E-state index contributed by atoms with van der Waals surface area (Å²) in [4.78, 5) is 15.9. The maximum atomic E-state index is 12.4. The van der Waals surface area contributed by atoms with Crippen molar-refractivity contribution in [2.45, 2.75) is 52.1 Å². The van der Waals surface area contributed by atoms with Gasteiger partial charge in [0, 0.05) is 51.4 Å². The number of ether oxygens (including phenoxy) is 1. The van der Waals surface area contributed by atoms with Gasteiger partial charge >= 0.3 is 0 Å². The largest absolute Gasteiger partial charge is 0.467 e. The Balaban J connectivity index is 1.20. The van der Waals surface area contributed by atoms with Crippen LogP contribution in [0, 0.1) is 0 Å². The Hall–Kier alpha value is -2.56. The fourth-order valence-electron chi connectivity index (χ4n) is 4.72. The van der Waals surface area contributed by atoms with Crippen LogP contribution in [0.1, 0.15) is 50.7 Å². The summed E-state index contributed by atoms with van der Waals surface area (Å²) < 4.78 is 33.7. The second kappa shape index (κ2) is 10.8. The second-order valence-electron chi connectivity index (χ2n) is 9.36. The maximum Gasteiger partial charge on any atom is 0.274 e. The Morgan fingerprint density at radius 1 is 1.11 bits per heavy atom. The number of piperidine rings is 1. The Morgan fingerprint density at radius 2 is 1.89 bits per heavy atom. The number of benzene rings is 1. The highest BCUT2D eigenvalue weighted by atomic mass is 32.2. The molecule has 2 aliphatic rings. The molecule has 0 N–H and O–H groups in total. The Bertz CT molecular complexity index is 1330. The van der Waals surface area contributed by atoms with Crippen LogP contribution in [-0.2, 0) is 16.4 Å². The molecule has 0 aliphatic carbocycles. The topological polar surface area (TPSA) is 88.5 Å². The highest BCUT2D eigenvalue weighted by molar-refractivity contribution is 7.89. The molecule has 8 nitrogen and oxygen atoms in total. The molecule has 1 saturated heterocycles. The number of aromatic nitrogens is 3. The standard InChI is InChI=1S/C26H33N5O3S2/c1-3-15-36(32,33)31-13-7-20(8-14-31)21-5-6-23-24(16-21)35-26(29-23)34-22-9-11-30(12-10-22)25-27-17-19(4-2)18-28-25/h5-7,16-18,22H,3-4,8-15H2,1-2H3. The molecule has 1 aromatic carbocycles. The van der Waals surface area contributed by atoms with Crippen LogP contribution in [0.2, 0.25) is 0 Å². The zero-order chi connectivity index (χ0) is 25.1. The molecule has 0 bridgehead atoms. The van der Waals surface area contributed by atoms with Gasteiger partial charge in [0.15, 0.2) is 0 Å². The fourth-order valence-corrected chi connectivity index (χ4v) is 7.08. The maximum absolute atomic E-state index is 12.4. The molecule has 2 aromatic heterocycles. The Kier molecular flexibility index (Phi) is 7.55. The lowest BCUT2D eigenvalue weighted by atomic mass is 10.0. The molecule has 0 saturated carbocycles. The normalized spacial score (nSPS) is 17.9. The third kappa shape index (κ3) is 5.55. The lowest BCUT2D eigenvalue weighted by Crippen LogP contribution is -2.39. The molecular formula is C26H33N5O3S2. The third-order valence-electron chi connectivity index (χ3n) is 6.86. The van der Waals surface area contributed by atoms with E-state index in [-0.39, 0.29) is 11.9 Å². The van der Waals surface area contributed by atoms with Crippen molar-refractivity contribution in [3.63, 3.8) is 0 Å². The highest BCUT2D eigenvalue weighted by Gasteiger charge is 2.25. The van der Waals surface area contributed by atoms with Gasteiger partial charge in [-0.2, -0.15) is 4.31 Å². The third-order valence-corrected chi connectivity index (χ3v) is 9.81. The molecule has 4 heterocycles. The van der Waals surface area contributed by atoms with Crippen LogP contribution in [0.25, 0.3) is 15.8 Å². The number of aryl methyl sites for hydroxylation is 1. The molecule has 0 amide bonds. The van der Waals surface area contributed by atoms with E-state index in [4.69, 9.17) is 9.72 Å². The summed E-state index contributed by atoms with van der Waals surface area (Å²) in [5.41, 5.74) is 4.41. The molecule has 36 heavy (non-hydrogen) atoms. The average molecular weight is 528 g/mol. The Morgan fingerprint density at radius 3 is 2.56 bits per heavy atom. The van der Waals surface area contributed by atoms with Crippen molar-refractivity contribution in [3.8, 4) is 5.19 Å². The zero-order valence-electron chi connectivity index (χ0n) is 20.9. The predicted molar refractivity (Wildman–Crippen MR) is 145 cm³/mol. The van der Waals surface area contributed by atoms with Crippen LogP contribution in [0.3, 0.4) is 0 Å². The fraction of sp³-hybridized carbons (Fsp3) is 0.500. The zero-order valence-corrected chi connectivity index (χ0v) is 22.5. The van der Waals surface area contributed by atoms with Gasteiger partial charge in [0.1, 0.15) is 6.10 Å². The molecule has 0 spiro atoms. The first-order valence-corrected chi connectivity index (χ1v) is 15.2. The lowest BCUT2D eigenvalue weighted by molar-refractivity contribution is 0.170. The summed E-state index contributed by atoms with van der Waals surface area (Å²) >= 11 is 1.58. The van der Waals surface area contributed by atoms with E-state index in [1.165, 1.54) is 5.57 Å². The van der Waals surface area contributed by atoms with Crippen LogP contribution in [0.4, 0.5) is 5.95 Å². The van der Waals surface area contributed by atoms with E-state index in [0.717, 1.165) is 66.1 Å². The number of thiazole rings is 1. The number of sulfonamides is 1. The summed E-state index contributed by atoms with van der Waals surface area (Å²) in [5.74, 6) is 1.01. The minimum absolute atomic E-state index is 0.133. The minimum atomic E-state index is -3.15. The van der Waals surface area contributed by atoms with Gasteiger partial charge in [-0.3, -0.25) is 0 Å². The van der Waals surface area contributed by atoms with E-state index in [2.05, 4.69) is 33.9 Å². The predicted octanol–water partition coefficient (Wildman–Crippen LogP) is 4.53. The molecular weight excluding hydrogens is 494 g/mol. The van der Waals surface area contributed by atoms with Gasteiger partial charge in [-0.1, -0.05) is 37.3 Å². The van der Waals surface area contributed by atoms with Crippen molar-refractivity contribution < 1.29 is 13.2 Å². The molecule has 1 fully saturated rings. The van der Waals surface area contributed by atoms with Crippen molar-refractivity contribution in [1.29, 1.82) is 0 Å². The number of nitrogens with zero attached hydrogens (tertiary/aromatic N) is 5. The van der Waals surface area contributed by atoms with E-state index in [1.54, 1.807) is 15.6 Å². The van der Waals surface area contributed by atoms with Gasteiger partial charge in [0.25, 0.3) is 5.19 Å². The summed E-state index contributed by atoms with van der Waals surface area (Å²) in [6, 6.07) is 6.27. The van der Waals surface area contributed by atoms with Crippen LogP contribution < -0.4 is 9.64 Å². The van der Waals surface area contributed by atoms with Gasteiger partial charge in [-0.05, 0) is 48.1 Å². The van der Waals surface area contributed by atoms with Gasteiger partial charge < -0.3 is 9.64 Å². The smallest absolute Gasteiger partial charge is 0.274 e. The SMILES string of the molecule is CCCS(=O)(=O)N1CC=C(c2ccc3nc(OC4CCN(c5ncc(CC)cn5)CC4)sc3c2)CC1. The van der Waals surface area contributed by atoms with Crippen molar-refractivity contribution >= 4 is 43.1 Å². The molecule has 10 heteroatoms. The summed E-state index contributed by atoms with van der Waals surface area (Å²) in [6.45, 7) is 6.71. The van der Waals surface area contributed by atoms with Crippen molar-refractivity contribution in [3.05, 3.63) is 47.8 Å². The van der Waals surface area contributed by atoms with E-state index in [0.29, 0.717) is 24.7 Å². The minimum Gasteiger partial charge on any atom is -0.467 e. The van der Waals surface area contributed by atoms with Gasteiger partial charge in [-0.15, -0.1) is 0 Å². The Labute approximate surface area is 217 Å². The highest BCUT2D eigenvalue weighted by Crippen LogP contribution is 2.33. The van der Waals surface area contributed by atoms with Crippen molar-refractivity contribution in [1.82, 2.24) is 19.3 Å². The van der Waals surface area contributed by atoms with Gasteiger partial charge in [0.2, 0.25) is 16.0 Å². The molecule has 5 rings (SSSR count). The number of rotatable bonds is 8. The molecule has 2 aliphatic heterocycles. The number of hydrogen-bond acceptors (Lipinski definition) is 8. The van der Waals surface area contributed by atoms with Crippen LogP contribution in [0.15, 0.2) is 36.7 Å². The number of anilines is 1. The van der Waals surface area contributed by atoms with Crippen LogP contribution >= 0.6 is 11.3 Å². The molecule has 3 aromatic rings. The molecule has 0 unspecified atom stereocenters. The monoisotopic (exact) mass is 527 g/mol. The second-order valence-corrected chi connectivity index (χ2v) is 12.4. The summed E-state index contributed by atoms with van der Waals surface area (Å²) in [7, 11) is -3.15. The van der Waals surface area contributed by atoms with E-state index in [9.17, 15) is 8.42 Å². The summed E-state index contributed by atoms with van der Waals surface area (Å²) in [5, 5.41) is 0.707. The van der Waals surface area contributed by atoms with E-state index < -0.39 is 10.0 Å². The van der Waals surface area contributed by atoms with Crippen molar-refractivity contribution in [2.75, 3.05) is 36.8 Å². The van der Waals surface area contributed by atoms with Crippen LogP contribution in [-0.4, -0.2) is 65.7 Å². The molecule has 0 atom stereocenters. The molecule has 192 valence electrons. The van der Waals surface area contributed by atoms with E-state index >= 15 is 0 Å². The average Bonchev–Trinajstić information content (AvgIpc) is 3.31. The van der Waals surface area contributed by atoms with Gasteiger partial charge in [0.05, 0.1) is 16.0 Å². The van der Waals surface area contributed by atoms with E-state index in [1.807, 2.05) is 31.5 Å². The van der Waals surface area contributed by atoms with Crippen molar-refractivity contribution in [2.24, 2.45) is 0 Å². The van der Waals surface area contributed by atoms with Crippen LogP contribution in [0.5, 0.6) is 5.19 Å². The summed E-state index contributed by atoms with van der Waals surface area (Å²) in [6.07, 6.45) is 10.1. The number of fused-ring (bicyclic) bond motifs is 1. The lowest BCUT2D eigenvalue weighted by Gasteiger charge is -2.31.